The van der Waals surface area contributed by atoms with E-state index in [4.69, 9.17) is 0 Å². The Morgan fingerprint density at radius 3 is 1.89 bits per heavy atom. The molecule has 0 spiro atoms. The van der Waals surface area contributed by atoms with Gasteiger partial charge in [-0.2, -0.15) is 0 Å². The van der Waals surface area contributed by atoms with E-state index >= 15 is 0 Å². The first-order valence-electron chi connectivity index (χ1n) is 10.0. The maximum Gasteiger partial charge on any atom is -1.00 e. The molecule has 0 unspecified atom stereocenters. The van der Waals surface area contributed by atoms with Gasteiger partial charge < -0.3 is 24.8 Å². The molecule has 0 heterocycles. The first kappa shape index (κ1) is 21.8. The van der Waals surface area contributed by atoms with Crippen LogP contribution in [0.15, 0.2) is 58.5 Å². The molecule has 1 saturated carbocycles. The minimum absolute atomic E-state index is 0. The first-order chi connectivity index (χ1) is 12.7. The summed E-state index contributed by atoms with van der Waals surface area (Å²) in [5.74, 6) is 0. The largest absolute Gasteiger partial charge is 1.00 e. The predicted octanol–water partition coefficient (Wildman–Crippen LogP) is 0.590. The molecule has 0 bridgehead atoms. The summed E-state index contributed by atoms with van der Waals surface area (Å²) in [7, 11) is 0. The molecule has 3 aliphatic rings. The summed E-state index contributed by atoms with van der Waals surface area (Å²) in [4.78, 5) is 0. The topological polar surface area (TPSA) is 0 Å². The summed E-state index contributed by atoms with van der Waals surface area (Å²) in [6, 6.07) is 14.4. The van der Waals surface area contributed by atoms with Crippen LogP contribution in [0.2, 0.25) is 0 Å². The SMILES string of the molecule is Cc1ccc2c(c1)-c1cc(C)ccc1[CH]2[Ti+2]([C]1=CC=CC1)=[C]1CCCC1.[Cl-].[Cl-]. The molecule has 5 rings (SSSR count). The Bertz CT molecular complexity index is 938. The van der Waals surface area contributed by atoms with Gasteiger partial charge in [-0.15, -0.1) is 0 Å². The molecule has 0 radical (unpaired) electrons. The van der Waals surface area contributed by atoms with Crippen LogP contribution in [-0.4, -0.2) is 3.81 Å². The van der Waals surface area contributed by atoms with Crippen molar-refractivity contribution in [3.05, 3.63) is 80.8 Å². The van der Waals surface area contributed by atoms with Crippen LogP contribution in [0.1, 0.15) is 58.6 Å². The molecule has 0 amide bonds. The van der Waals surface area contributed by atoms with E-state index in [1.807, 2.05) is 3.81 Å². The molecule has 0 nitrogen and oxygen atoms in total. The zero-order valence-corrected chi connectivity index (χ0v) is 19.6. The summed E-state index contributed by atoms with van der Waals surface area (Å²) in [6.07, 6.45) is 14.0. The van der Waals surface area contributed by atoms with E-state index < -0.39 is 17.4 Å². The fraction of sp³-hybridized carbons (Fsp3) is 0.320. The molecular weight excluding hydrogens is 419 g/mol. The molecule has 0 atom stereocenters. The second kappa shape index (κ2) is 8.84. The summed E-state index contributed by atoms with van der Waals surface area (Å²) < 4.78 is 4.43. The molecule has 0 N–H and O–H groups in total. The van der Waals surface area contributed by atoms with Gasteiger partial charge in [0.25, 0.3) is 0 Å². The number of hydrogen-bond acceptors (Lipinski definition) is 0. The third-order valence-corrected chi connectivity index (χ3v) is 11.8. The Balaban J connectivity index is 0.00000112. The maximum atomic E-state index is 2.47. The van der Waals surface area contributed by atoms with Crippen LogP contribution >= 0.6 is 0 Å². The zero-order chi connectivity index (χ0) is 17.7. The second-order valence-corrected chi connectivity index (χ2v) is 12.5. The molecule has 3 heteroatoms. The van der Waals surface area contributed by atoms with Gasteiger partial charge in [0.15, 0.2) is 0 Å². The van der Waals surface area contributed by atoms with Gasteiger partial charge in [-0.05, 0) is 0 Å². The van der Waals surface area contributed by atoms with Crippen LogP contribution in [-0.2, 0) is 17.4 Å². The molecule has 1 fully saturated rings. The third-order valence-electron chi connectivity index (χ3n) is 6.32. The van der Waals surface area contributed by atoms with E-state index in [0.717, 1.165) is 0 Å². The number of allylic oxidation sites excluding steroid dienone is 4. The third kappa shape index (κ3) is 3.66. The summed E-state index contributed by atoms with van der Waals surface area (Å²) in [5.41, 5.74) is 9.05. The smallest absolute Gasteiger partial charge is 1.00 e. The molecule has 2 aromatic rings. The van der Waals surface area contributed by atoms with Crippen LogP contribution in [0.5, 0.6) is 0 Å². The fourth-order valence-corrected chi connectivity index (χ4v) is 11.2. The van der Waals surface area contributed by atoms with Gasteiger partial charge in [0.05, 0.1) is 0 Å². The van der Waals surface area contributed by atoms with Gasteiger partial charge in [0.2, 0.25) is 0 Å². The average Bonchev–Trinajstić information content (AvgIpc) is 3.38. The minimum Gasteiger partial charge on any atom is -1.00 e. The van der Waals surface area contributed by atoms with E-state index in [0.29, 0.717) is 4.22 Å². The molecule has 144 valence electrons. The Kier molecular flexibility index (Phi) is 6.88. The van der Waals surface area contributed by atoms with Crippen molar-refractivity contribution < 1.29 is 42.2 Å². The van der Waals surface area contributed by atoms with Gasteiger partial charge >= 0.3 is 163 Å². The Morgan fingerprint density at radius 1 is 0.821 bits per heavy atom. The van der Waals surface area contributed by atoms with Crippen molar-refractivity contribution in [2.24, 2.45) is 0 Å². The van der Waals surface area contributed by atoms with Crippen molar-refractivity contribution >= 4 is 3.81 Å². The molecule has 0 saturated heterocycles. The Morgan fingerprint density at radius 2 is 1.39 bits per heavy atom. The Hall–Kier alpha value is -0.916. The van der Waals surface area contributed by atoms with E-state index in [2.05, 4.69) is 68.5 Å². The monoisotopic (exact) mass is 444 g/mol. The van der Waals surface area contributed by atoms with Crippen molar-refractivity contribution in [3.63, 3.8) is 0 Å². The summed E-state index contributed by atoms with van der Waals surface area (Å²) >= 11 is -1.53. The summed E-state index contributed by atoms with van der Waals surface area (Å²) in [6.45, 7) is 4.46. The average molecular weight is 445 g/mol. The maximum absolute atomic E-state index is 2.47. The normalized spacial score (nSPS) is 16.6. The first-order valence-corrected chi connectivity index (χ1v) is 12.5. The Labute approximate surface area is 187 Å². The van der Waals surface area contributed by atoms with Crippen LogP contribution in [0.3, 0.4) is 0 Å². The van der Waals surface area contributed by atoms with E-state index in [1.54, 1.807) is 15.0 Å². The molecule has 0 aromatic heterocycles. The number of aryl methyl sites for hydroxylation is 2. The number of fused-ring (bicyclic) bond motifs is 3. The van der Waals surface area contributed by atoms with Crippen molar-refractivity contribution in [1.82, 2.24) is 0 Å². The quantitative estimate of drug-likeness (QED) is 0.594. The van der Waals surface area contributed by atoms with Gasteiger partial charge in [-0.1, -0.05) is 0 Å². The zero-order valence-electron chi connectivity index (χ0n) is 16.6. The van der Waals surface area contributed by atoms with Gasteiger partial charge in [-0.25, -0.2) is 0 Å². The van der Waals surface area contributed by atoms with Gasteiger partial charge in [0.1, 0.15) is 0 Å². The summed E-state index contributed by atoms with van der Waals surface area (Å²) in [5, 5.41) is 0. The van der Waals surface area contributed by atoms with Crippen LogP contribution < -0.4 is 24.8 Å². The van der Waals surface area contributed by atoms with Crippen LogP contribution in [0.25, 0.3) is 11.1 Å². The fourth-order valence-electron chi connectivity index (χ4n) is 5.12. The van der Waals surface area contributed by atoms with Gasteiger partial charge in [0, 0.05) is 0 Å². The predicted molar refractivity (Wildman–Crippen MR) is 109 cm³/mol. The number of hydrogen-bond donors (Lipinski definition) is 0. The van der Waals surface area contributed by atoms with Crippen LogP contribution in [0, 0.1) is 13.8 Å². The number of benzene rings is 2. The standard InChI is InChI=1S/C15H13.C5H8.C5H5.2ClH.Ti/c1-10-3-5-12-9-13-6-4-11(2)8-15(13)14(12)7-10;2*1-2-4-5-3-1;;;/h3-9H,1-2H3;1-4H2;1-3H,4H2;2*1H;/q;;;;;+2/p-2. The van der Waals surface area contributed by atoms with Gasteiger partial charge in [-0.3, -0.25) is 0 Å². The van der Waals surface area contributed by atoms with Crippen molar-refractivity contribution in [1.29, 1.82) is 0 Å². The number of rotatable bonds is 2. The minimum atomic E-state index is -1.53. The van der Waals surface area contributed by atoms with E-state index in [9.17, 15) is 0 Å². The van der Waals surface area contributed by atoms with Crippen molar-refractivity contribution in [2.75, 3.05) is 0 Å². The molecule has 2 aromatic carbocycles. The molecule has 28 heavy (non-hydrogen) atoms. The van der Waals surface area contributed by atoms with Crippen molar-refractivity contribution in [3.8, 4) is 11.1 Å². The number of halogens is 2. The molecule has 3 aliphatic carbocycles. The van der Waals surface area contributed by atoms with Crippen LogP contribution in [0.4, 0.5) is 0 Å². The van der Waals surface area contributed by atoms with E-state index in [1.165, 1.54) is 54.4 Å². The molecule has 0 aliphatic heterocycles. The second-order valence-electron chi connectivity index (χ2n) is 8.16. The molecular formula is C25H26Cl2Ti. The van der Waals surface area contributed by atoms with Crippen molar-refractivity contribution in [2.45, 2.75) is 50.2 Å². The van der Waals surface area contributed by atoms with E-state index in [-0.39, 0.29) is 24.8 Å².